The molecule has 4 aliphatic rings. The molecule has 5 rings (SSSR count). The number of carbonyl (C=O) groups is 3. The summed E-state index contributed by atoms with van der Waals surface area (Å²) in [6.07, 6.45) is 0.733. The van der Waals surface area contributed by atoms with Crippen molar-refractivity contribution in [3.05, 3.63) is 35.2 Å². The first-order valence-electron chi connectivity index (χ1n) is 11.8. The molecule has 1 saturated heterocycles. The lowest BCUT2D eigenvalue weighted by molar-refractivity contribution is -0.496. The summed E-state index contributed by atoms with van der Waals surface area (Å²) in [4.78, 5) is 50.6. The highest BCUT2D eigenvalue weighted by atomic mass is 16.7. The van der Waals surface area contributed by atoms with Crippen LogP contribution in [0.1, 0.15) is 38.2 Å². The molecule has 35 heavy (non-hydrogen) atoms. The molecule has 3 heterocycles. The maximum Gasteiger partial charge on any atom is 0.333 e. The van der Waals surface area contributed by atoms with Gasteiger partial charge in [-0.05, 0) is 26.3 Å². The predicted octanol–water partition coefficient (Wildman–Crippen LogP) is 0.828. The van der Waals surface area contributed by atoms with E-state index in [2.05, 4.69) is 9.89 Å². The zero-order chi connectivity index (χ0) is 24.5. The molecule has 1 fully saturated rings. The van der Waals surface area contributed by atoms with Crippen molar-refractivity contribution in [2.45, 2.75) is 39.5 Å². The van der Waals surface area contributed by atoms with E-state index in [0.29, 0.717) is 53.8 Å². The molecule has 1 aromatic carbocycles. The lowest BCUT2D eigenvalue weighted by Crippen LogP contribution is -2.76. The van der Waals surface area contributed by atoms with Crippen LogP contribution in [-0.4, -0.2) is 54.1 Å². The Kier molecular flexibility index (Phi) is 6.10. The minimum absolute atomic E-state index is 0.0792. The van der Waals surface area contributed by atoms with Crippen molar-refractivity contribution >= 4 is 34.6 Å². The van der Waals surface area contributed by atoms with E-state index in [1.165, 1.54) is 0 Å². The number of hydroxylamine groups is 2. The molecule has 0 unspecified atom stereocenters. The number of nitrogens with zero attached hydrogens (tertiary/aromatic N) is 3. The number of imide groups is 1. The number of hydrogen-bond donors (Lipinski definition) is 1. The van der Waals surface area contributed by atoms with Crippen LogP contribution in [0.4, 0.5) is 5.69 Å². The molecule has 0 radical (unpaired) electrons. The Morgan fingerprint density at radius 3 is 2.74 bits per heavy atom. The van der Waals surface area contributed by atoms with Gasteiger partial charge in [0.25, 0.3) is 11.8 Å². The fraction of sp³-hybridized carbons (Fsp3) is 0.400. The van der Waals surface area contributed by atoms with Crippen molar-refractivity contribution in [1.82, 2.24) is 10.0 Å². The molecule has 0 saturated carbocycles. The number of aryl methyl sites for hydroxylation is 1. The van der Waals surface area contributed by atoms with Crippen molar-refractivity contribution in [3.63, 3.8) is 0 Å². The largest absolute Gasteiger partial charge is 0.489 e. The van der Waals surface area contributed by atoms with E-state index >= 15 is 0 Å². The van der Waals surface area contributed by atoms with Crippen LogP contribution in [0.2, 0.25) is 0 Å². The van der Waals surface area contributed by atoms with Gasteiger partial charge in [-0.2, -0.15) is 0 Å². The third-order valence-corrected chi connectivity index (χ3v) is 6.14. The number of hydrogen-bond acceptors (Lipinski definition) is 8. The number of carbonyl (C=O) groups excluding carboxylic acids is 3. The Labute approximate surface area is 201 Å². The summed E-state index contributed by atoms with van der Waals surface area (Å²) in [7, 11) is 0. The lowest BCUT2D eigenvalue weighted by Gasteiger charge is -2.31. The Morgan fingerprint density at radius 1 is 1.17 bits per heavy atom. The van der Waals surface area contributed by atoms with E-state index in [0.717, 1.165) is 28.8 Å². The van der Waals surface area contributed by atoms with Crippen LogP contribution < -0.4 is 20.0 Å². The number of benzene rings is 2. The molecule has 1 N–H and O–H groups in total. The first-order chi connectivity index (χ1) is 16.9. The molecule has 0 bridgehead atoms. The van der Waals surface area contributed by atoms with Crippen molar-refractivity contribution < 1.29 is 33.4 Å². The van der Waals surface area contributed by atoms with Gasteiger partial charge in [0.15, 0.2) is 11.3 Å². The van der Waals surface area contributed by atoms with Gasteiger partial charge in [-0.25, -0.2) is 14.8 Å². The predicted molar refractivity (Wildman–Crippen MR) is 124 cm³/mol. The number of anilines is 1. The molecular formula is C25H27N4O6+. The van der Waals surface area contributed by atoms with E-state index in [9.17, 15) is 14.4 Å². The summed E-state index contributed by atoms with van der Waals surface area (Å²) >= 11 is 0. The summed E-state index contributed by atoms with van der Waals surface area (Å²) in [6, 6.07) is 7.77. The van der Waals surface area contributed by atoms with Crippen LogP contribution >= 0.6 is 0 Å². The highest BCUT2D eigenvalue weighted by Crippen LogP contribution is 2.37. The average Bonchev–Trinajstić information content (AvgIpc) is 3.14. The number of aromatic nitrogens is 1. The van der Waals surface area contributed by atoms with Gasteiger partial charge in [0.05, 0.1) is 18.3 Å². The lowest BCUT2D eigenvalue weighted by atomic mass is 10.1. The third-order valence-electron chi connectivity index (χ3n) is 6.14. The minimum atomic E-state index is -0.599. The highest BCUT2D eigenvalue weighted by Gasteiger charge is 2.32. The van der Waals surface area contributed by atoms with Crippen molar-refractivity contribution in [3.8, 4) is 17.2 Å². The van der Waals surface area contributed by atoms with Crippen LogP contribution in [-0.2, 0) is 19.2 Å². The Bertz CT molecular complexity index is 1350. The maximum absolute atomic E-state index is 12.1. The summed E-state index contributed by atoms with van der Waals surface area (Å²) in [5.41, 5.74) is 4.09. The van der Waals surface area contributed by atoms with E-state index in [1.807, 2.05) is 38.1 Å². The SMILES string of the molecule is CC[NH+]=c1cc2oc3cc4c(cc3nc-2cc1C)OCCN4CCCC(=O)ON1C(=O)CCC1=O. The number of fused-ring (bicyclic) bond motifs is 3. The van der Waals surface area contributed by atoms with Gasteiger partial charge in [-0.1, -0.05) is 0 Å². The van der Waals surface area contributed by atoms with Gasteiger partial charge in [0.2, 0.25) is 5.36 Å². The third kappa shape index (κ3) is 4.55. The second kappa shape index (κ2) is 9.36. The standard InChI is InChI=1S/C25H26N4O6/c1-3-26-16-12-20-17(11-15(16)2)27-18-13-22-19(14-21(18)34-20)28(9-10-33-22)8-4-5-25(32)35-29-23(30)6-7-24(29)31/h11-14H,3-10H2,1-2H3/p+1. The molecule has 0 atom stereocenters. The van der Waals surface area contributed by atoms with Gasteiger partial charge in [-0.15, -0.1) is 5.06 Å². The average molecular weight is 480 g/mol. The van der Waals surface area contributed by atoms with Gasteiger partial charge < -0.3 is 18.9 Å². The zero-order valence-electron chi connectivity index (χ0n) is 19.8. The molecule has 10 heteroatoms. The van der Waals surface area contributed by atoms with Crippen molar-refractivity contribution in [2.75, 3.05) is 31.1 Å². The molecule has 1 aliphatic carbocycles. The first-order valence-corrected chi connectivity index (χ1v) is 11.8. The Hall–Kier alpha value is -3.95. The fourth-order valence-electron chi connectivity index (χ4n) is 4.38. The first kappa shape index (κ1) is 22.8. The second-order valence-electron chi connectivity index (χ2n) is 8.65. The van der Waals surface area contributed by atoms with Gasteiger partial charge >= 0.3 is 5.97 Å². The minimum Gasteiger partial charge on any atom is -0.489 e. The van der Waals surface area contributed by atoms with Crippen LogP contribution in [0.15, 0.2) is 28.7 Å². The fourth-order valence-corrected chi connectivity index (χ4v) is 4.38. The molecule has 2 amide bonds. The maximum atomic E-state index is 12.1. The van der Waals surface area contributed by atoms with E-state index in [-0.39, 0.29) is 19.3 Å². The monoisotopic (exact) mass is 479 g/mol. The molecule has 1 aromatic rings. The topological polar surface area (TPSA) is 116 Å². The quantitative estimate of drug-likeness (QED) is 0.408. The number of amides is 2. The highest BCUT2D eigenvalue weighted by molar-refractivity contribution is 6.01. The van der Waals surface area contributed by atoms with Crippen molar-refractivity contribution in [1.29, 1.82) is 0 Å². The summed E-state index contributed by atoms with van der Waals surface area (Å²) in [5.74, 6) is -0.151. The molecule has 0 spiro atoms. The molecule has 0 aromatic heterocycles. The summed E-state index contributed by atoms with van der Waals surface area (Å²) in [6.45, 7) is 6.63. The number of rotatable bonds is 6. The molecule has 10 nitrogen and oxygen atoms in total. The Morgan fingerprint density at radius 2 is 1.97 bits per heavy atom. The van der Waals surface area contributed by atoms with Crippen LogP contribution in [0, 0.1) is 6.92 Å². The Balaban J connectivity index is 1.34. The van der Waals surface area contributed by atoms with E-state index in [1.54, 1.807) is 0 Å². The summed E-state index contributed by atoms with van der Waals surface area (Å²) < 4.78 is 12.1. The van der Waals surface area contributed by atoms with Crippen LogP contribution in [0.25, 0.3) is 22.6 Å². The van der Waals surface area contributed by atoms with Gasteiger partial charge in [0, 0.05) is 43.5 Å². The molecule has 182 valence electrons. The number of ether oxygens (including phenoxy) is 1. The van der Waals surface area contributed by atoms with Crippen LogP contribution in [0.3, 0.4) is 0 Å². The van der Waals surface area contributed by atoms with E-state index in [4.69, 9.17) is 19.0 Å². The van der Waals surface area contributed by atoms with Crippen molar-refractivity contribution in [2.24, 2.45) is 0 Å². The van der Waals surface area contributed by atoms with E-state index < -0.39 is 17.8 Å². The number of nitrogens with one attached hydrogen (secondary N) is 1. The zero-order valence-corrected chi connectivity index (χ0v) is 19.8. The van der Waals surface area contributed by atoms with Gasteiger partial charge in [0.1, 0.15) is 30.1 Å². The normalized spacial score (nSPS) is 16.2. The molecular weight excluding hydrogens is 452 g/mol. The second-order valence-corrected chi connectivity index (χ2v) is 8.65. The summed E-state index contributed by atoms with van der Waals surface area (Å²) in [5, 5.41) is 1.59. The smallest absolute Gasteiger partial charge is 0.333 e. The molecule has 3 aliphatic heterocycles. The van der Waals surface area contributed by atoms with Crippen LogP contribution in [0.5, 0.6) is 5.75 Å². The van der Waals surface area contributed by atoms with Gasteiger partial charge in [-0.3, -0.25) is 9.59 Å².